The van der Waals surface area contributed by atoms with Gasteiger partial charge in [0, 0.05) is 43.0 Å². The quantitative estimate of drug-likeness (QED) is 0.619. The first-order chi connectivity index (χ1) is 15.7. The number of aromatic nitrogens is 2. The van der Waals surface area contributed by atoms with E-state index in [2.05, 4.69) is 23.0 Å². The van der Waals surface area contributed by atoms with Crippen molar-refractivity contribution in [2.75, 3.05) is 19.2 Å². The van der Waals surface area contributed by atoms with Crippen molar-refractivity contribution in [3.8, 4) is 11.5 Å². The lowest BCUT2D eigenvalue weighted by Crippen LogP contribution is -2.43. The van der Waals surface area contributed by atoms with Gasteiger partial charge in [-0.15, -0.1) is 0 Å². The predicted molar refractivity (Wildman–Crippen MR) is 126 cm³/mol. The summed E-state index contributed by atoms with van der Waals surface area (Å²) in [6.45, 7) is 5.93. The number of carbonyl (C=O) groups is 1. The summed E-state index contributed by atoms with van der Waals surface area (Å²) in [5.74, 6) is 2.25. The molecule has 3 heterocycles. The third-order valence-corrected chi connectivity index (χ3v) is 6.30. The van der Waals surface area contributed by atoms with Crippen molar-refractivity contribution in [1.82, 2.24) is 14.5 Å². The molecule has 0 fully saturated rings. The van der Waals surface area contributed by atoms with Crippen LogP contribution in [-0.2, 0) is 24.6 Å². The van der Waals surface area contributed by atoms with Crippen LogP contribution in [0.2, 0.25) is 0 Å². The van der Waals surface area contributed by atoms with Gasteiger partial charge in [0.1, 0.15) is 17.1 Å². The first kappa shape index (κ1) is 21.4. The fraction of sp³-hybridized carbons (Fsp3) is 0.440. The summed E-state index contributed by atoms with van der Waals surface area (Å²) in [4.78, 5) is 19.2. The van der Waals surface area contributed by atoms with Crippen LogP contribution in [0, 0.1) is 0 Å². The Balaban J connectivity index is 1.38. The molecule has 8 nitrogen and oxygen atoms in total. The molecule has 1 amide bonds. The number of benzene rings is 1. The van der Waals surface area contributed by atoms with Gasteiger partial charge in [-0.1, -0.05) is 0 Å². The van der Waals surface area contributed by atoms with Gasteiger partial charge in [0.25, 0.3) is 0 Å². The van der Waals surface area contributed by atoms with Crippen molar-refractivity contribution in [3.05, 3.63) is 41.6 Å². The molecule has 8 heteroatoms. The summed E-state index contributed by atoms with van der Waals surface area (Å²) in [5, 5.41) is 4.50. The minimum absolute atomic E-state index is 0.101. The average molecular weight is 451 g/mol. The van der Waals surface area contributed by atoms with E-state index in [1.807, 2.05) is 52.1 Å². The average Bonchev–Trinajstić information content (AvgIpc) is 3.34. The second-order valence-corrected chi connectivity index (χ2v) is 9.73. The van der Waals surface area contributed by atoms with Gasteiger partial charge in [-0.3, -0.25) is 0 Å². The Bertz CT molecular complexity index is 1230. The molecule has 1 atom stereocenters. The van der Waals surface area contributed by atoms with Crippen molar-refractivity contribution in [1.29, 1.82) is 0 Å². The minimum Gasteiger partial charge on any atom is -0.454 e. The van der Waals surface area contributed by atoms with Crippen molar-refractivity contribution in [2.45, 2.75) is 51.7 Å². The standard InChI is InChI=1S/C25H30N4O4/c1-25(2,3)33-24(30)28(4)16-7-9-19-18(13-16)17-8-11-22(27-23(17)29(19)5)26-15-6-10-20-21(12-15)32-14-31-20/h6,8,10-12,16H,7,9,13-14H2,1-5H3,(H,26,27). The molecule has 3 aromatic rings. The Morgan fingerprint density at radius 3 is 2.79 bits per heavy atom. The molecule has 33 heavy (non-hydrogen) atoms. The highest BCUT2D eigenvalue weighted by atomic mass is 16.7. The summed E-state index contributed by atoms with van der Waals surface area (Å²) in [5.41, 5.74) is 3.87. The van der Waals surface area contributed by atoms with E-state index >= 15 is 0 Å². The smallest absolute Gasteiger partial charge is 0.410 e. The van der Waals surface area contributed by atoms with Gasteiger partial charge < -0.3 is 29.0 Å². The van der Waals surface area contributed by atoms with Gasteiger partial charge in [0.05, 0.1) is 0 Å². The molecule has 2 aliphatic rings. The van der Waals surface area contributed by atoms with E-state index in [0.29, 0.717) is 0 Å². The highest BCUT2D eigenvalue weighted by Crippen LogP contribution is 2.36. The largest absolute Gasteiger partial charge is 0.454 e. The van der Waals surface area contributed by atoms with Crippen molar-refractivity contribution >= 4 is 28.6 Å². The second-order valence-electron chi connectivity index (χ2n) is 9.73. The van der Waals surface area contributed by atoms with Gasteiger partial charge in [0.15, 0.2) is 11.5 Å². The first-order valence-corrected chi connectivity index (χ1v) is 11.3. The zero-order valence-electron chi connectivity index (χ0n) is 19.8. The van der Waals surface area contributed by atoms with Crippen molar-refractivity contribution < 1.29 is 19.0 Å². The lowest BCUT2D eigenvalue weighted by molar-refractivity contribution is 0.0210. The van der Waals surface area contributed by atoms with E-state index in [0.717, 1.165) is 53.3 Å². The third-order valence-electron chi connectivity index (χ3n) is 6.30. The number of hydrogen-bond donors (Lipinski definition) is 1. The fourth-order valence-electron chi connectivity index (χ4n) is 4.62. The van der Waals surface area contributed by atoms with Crippen LogP contribution in [0.5, 0.6) is 11.5 Å². The van der Waals surface area contributed by atoms with E-state index in [4.69, 9.17) is 19.2 Å². The Morgan fingerprint density at radius 2 is 2.00 bits per heavy atom. The number of pyridine rings is 1. The molecule has 5 rings (SSSR count). The number of amides is 1. The number of nitrogens with zero attached hydrogens (tertiary/aromatic N) is 3. The molecule has 1 unspecified atom stereocenters. The summed E-state index contributed by atoms with van der Waals surface area (Å²) < 4.78 is 18.6. The molecule has 174 valence electrons. The number of fused-ring (bicyclic) bond motifs is 4. The van der Waals surface area contributed by atoms with Crippen LogP contribution < -0.4 is 14.8 Å². The molecule has 2 aromatic heterocycles. The maximum absolute atomic E-state index is 12.6. The van der Waals surface area contributed by atoms with Gasteiger partial charge in [-0.25, -0.2) is 9.78 Å². The van der Waals surface area contributed by atoms with Crippen molar-refractivity contribution in [2.24, 2.45) is 7.05 Å². The number of rotatable bonds is 3. The van der Waals surface area contributed by atoms with Gasteiger partial charge in [0.2, 0.25) is 6.79 Å². The third kappa shape index (κ3) is 4.05. The summed E-state index contributed by atoms with van der Waals surface area (Å²) in [6.07, 6.45) is 2.31. The zero-order valence-corrected chi connectivity index (χ0v) is 19.8. The molecule has 1 aliphatic heterocycles. The van der Waals surface area contributed by atoms with Gasteiger partial charge in [-0.2, -0.15) is 0 Å². The molecular weight excluding hydrogens is 420 g/mol. The molecule has 1 aromatic carbocycles. The molecular formula is C25H30N4O4. The Labute approximate surface area is 193 Å². The molecule has 0 radical (unpaired) electrons. The van der Waals surface area contributed by atoms with E-state index < -0.39 is 5.60 Å². The number of carbonyl (C=O) groups excluding carboxylic acids is 1. The van der Waals surface area contributed by atoms with Crippen LogP contribution in [0.4, 0.5) is 16.3 Å². The number of aryl methyl sites for hydroxylation is 1. The van der Waals surface area contributed by atoms with Crippen LogP contribution in [0.15, 0.2) is 30.3 Å². The van der Waals surface area contributed by atoms with Crippen LogP contribution in [-0.4, -0.2) is 46.0 Å². The van der Waals surface area contributed by atoms with Crippen LogP contribution in [0.25, 0.3) is 11.0 Å². The number of hydrogen-bond acceptors (Lipinski definition) is 6. The predicted octanol–water partition coefficient (Wildman–Crippen LogP) is 4.77. The zero-order chi connectivity index (χ0) is 23.3. The molecule has 0 saturated heterocycles. The minimum atomic E-state index is -0.504. The van der Waals surface area contributed by atoms with Crippen LogP contribution in [0.1, 0.15) is 38.4 Å². The lowest BCUT2D eigenvalue weighted by Gasteiger charge is -2.33. The Morgan fingerprint density at radius 1 is 1.21 bits per heavy atom. The van der Waals surface area contributed by atoms with Crippen LogP contribution in [0.3, 0.4) is 0 Å². The monoisotopic (exact) mass is 450 g/mol. The Hall–Kier alpha value is -3.42. The molecule has 0 spiro atoms. The van der Waals surface area contributed by atoms with E-state index in [9.17, 15) is 4.79 Å². The highest BCUT2D eigenvalue weighted by molar-refractivity contribution is 5.85. The normalized spacial score (nSPS) is 17.1. The molecule has 1 N–H and O–H groups in total. The van der Waals surface area contributed by atoms with E-state index in [1.165, 1.54) is 11.3 Å². The SMILES string of the molecule is CN(C(=O)OC(C)(C)C)C1CCc2c(c3ccc(Nc4ccc5c(c4)OCO5)nc3n2C)C1. The summed E-state index contributed by atoms with van der Waals surface area (Å²) in [7, 11) is 3.90. The number of ether oxygens (including phenoxy) is 3. The number of anilines is 2. The maximum atomic E-state index is 12.6. The Kier molecular flexibility index (Phi) is 5.11. The fourth-order valence-corrected chi connectivity index (χ4v) is 4.62. The molecule has 1 aliphatic carbocycles. The number of likely N-dealkylation sites (N-methyl/N-ethyl adjacent to an activating group) is 1. The van der Waals surface area contributed by atoms with Gasteiger partial charge >= 0.3 is 6.09 Å². The molecule has 0 bridgehead atoms. The maximum Gasteiger partial charge on any atom is 0.410 e. The second kappa shape index (κ2) is 7.86. The summed E-state index contributed by atoms with van der Waals surface area (Å²) in [6, 6.07) is 9.98. The topological polar surface area (TPSA) is 77.8 Å². The van der Waals surface area contributed by atoms with E-state index in [1.54, 1.807) is 4.90 Å². The van der Waals surface area contributed by atoms with Crippen molar-refractivity contribution in [3.63, 3.8) is 0 Å². The summed E-state index contributed by atoms with van der Waals surface area (Å²) >= 11 is 0. The number of nitrogens with one attached hydrogen (secondary N) is 1. The first-order valence-electron chi connectivity index (χ1n) is 11.3. The highest BCUT2D eigenvalue weighted by Gasteiger charge is 2.31. The van der Waals surface area contributed by atoms with Gasteiger partial charge in [-0.05, 0) is 69.9 Å². The van der Waals surface area contributed by atoms with Crippen LogP contribution >= 0.6 is 0 Å². The van der Waals surface area contributed by atoms with E-state index in [-0.39, 0.29) is 18.9 Å². The lowest BCUT2D eigenvalue weighted by atomic mass is 9.91. The molecule has 0 saturated carbocycles.